The zero-order valence-electron chi connectivity index (χ0n) is 30.4. The molecule has 2 aromatic carbocycles. The van der Waals surface area contributed by atoms with Crippen molar-refractivity contribution < 1.29 is 36.4 Å². The second-order valence-electron chi connectivity index (χ2n) is 15.1. The highest BCUT2D eigenvalue weighted by atomic mass is 32.2. The number of anilines is 1. The molecule has 1 fully saturated rings. The molecule has 1 aliphatic rings. The van der Waals surface area contributed by atoms with Gasteiger partial charge in [-0.15, -0.1) is 4.72 Å². The second kappa shape index (κ2) is 15.5. The molecule has 0 radical (unpaired) electrons. The maximum absolute atomic E-state index is 15.6. The van der Waals surface area contributed by atoms with E-state index in [0.717, 1.165) is 29.5 Å². The number of hydrogen-bond donors (Lipinski definition) is 3. The van der Waals surface area contributed by atoms with Crippen LogP contribution in [0.15, 0.2) is 73.1 Å². The minimum atomic E-state index is -4.90. The van der Waals surface area contributed by atoms with Crippen LogP contribution in [0.3, 0.4) is 0 Å². The lowest BCUT2D eigenvalue weighted by Gasteiger charge is -2.38. The number of benzene rings is 2. The van der Waals surface area contributed by atoms with Crippen molar-refractivity contribution in [3.8, 4) is 5.69 Å². The van der Waals surface area contributed by atoms with Crippen LogP contribution < -0.4 is 15.4 Å². The van der Waals surface area contributed by atoms with Gasteiger partial charge in [0.15, 0.2) is 5.69 Å². The van der Waals surface area contributed by atoms with Crippen molar-refractivity contribution in [1.82, 2.24) is 24.8 Å². The summed E-state index contributed by atoms with van der Waals surface area (Å²) in [6, 6.07) is 14.4. The minimum absolute atomic E-state index is 0.0241. The monoisotopic (exact) mass is 756 g/mol. The number of hydrogen-bond acceptors (Lipinski definition) is 7. The van der Waals surface area contributed by atoms with Gasteiger partial charge in [-0.1, -0.05) is 31.0 Å². The molecule has 15 heteroatoms. The number of halogens is 4. The van der Waals surface area contributed by atoms with E-state index in [1.165, 1.54) is 30.3 Å². The average molecular weight is 757 g/mol. The topological polar surface area (TPSA) is 133 Å². The molecule has 2 aromatic heterocycles. The number of carbonyl (C=O) groups excluding carboxylic acids is 2. The van der Waals surface area contributed by atoms with E-state index >= 15 is 4.39 Å². The van der Waals surface area contributed by atoms with Gasteiger partial charge >= 0.3 is 12.3 Å². The van der Waals surface area contributed by atoms with Crippen LogP contribution in [0.5, 0.6) is 0 Å². The molecule has 284 valence electrons. The Morgan fingerprint density at radius 1 is 0.962 bits per heavy atom. The lowest BCUT2D eigenvalue weighted by Crippen LogP contribution is -2.52. The molecule has 0 saturated heterocycles. The summed E-state index contributed by atoms with van der Waals surface area (Å²) < 4.78 is 80.0. The van der Waals surface area contributed by atoms with Gasteiger partial charge in [-0.3, -0.25) is 9.78 Å². The zero-order valence-corrected chi connectivity index (χ0v) is 31.3. The summed E-state index contributed by atoms with van der Waals surface area (Å²) >= 11 is -1.60. The van der Waals surface area contributed by atoms with E-state index in [0.29, 0.717) is 29.5 Å². The first-order chi connectivity index (χ1) is 24.7. The number of alkyl carbamates (subject to hydrolysis) is 1. The lowest BCUT2D eigenvalue weighted by atomic mass is 9.79. The van der Waals surface area contributed by atoms with Crippen molar-refractivity contribution in [2.75, 3.05) is 5.32 Å². The third-order valence-electron chi connectivity index (χ3n) is 8.55. The van der Waals surface area contributed by atoms with Crippen LogP contribution in [0.4, 0.5) is 28.0 Å². The molecule has 5 rings (SSSR count). The molecular formula is C38H44F4N6O4S. The van der Waals surface area contributed by atoms with Gasteiger partial charge < -0.3 is 19.9 Å². The van der Waals surface area contributed by atoms with E-state index in [1.54, 1.807) is 57.4 Å². The van der Waals surface area contributed by atoms with Crippen molar-refractivity contribution >= 4 is 29.0 Å². The van der Waals surface area contributed by atoms with Gasteiger partial charge in [0.1, 0.15) is 27.4 Å². The molecule has 2 amide bonds. The summed E-state index contributed by atoms with van der Waals surface area (Å²) in [5.74, 6) is -1.40. The molecule has 0 aliphatic heterocycles. The molecule has 1 unspecified atom stereocenters. The van der Waals surface area contributed by atoms with Crippen molar-refractivity contribution in [3.05, 3.63) is 107 Å². The number of alkyl halides is 3. The Balaban J connectivity index is 1.52. The Kier molecular flexibility index (Phi) is 11.6. The van der Waals surface area contributed by atoms with E-state index in [2.05, 4.69) is 25.4 Å². The minimum Gasteiger partial charge on any atom is -0.598 e. The molecule has 3 N–H and O–H groups in total. The van der Waals surface area contributed by atoms with Crippen LogP contribution in [-0.4, -0.2) is 41.7 Å². The van der Waals surface area contributed by atoms with E-state index in [1.807, 2.05) is 20.8 Å². The molecule has 0 bridgehead atoms. The third kappa shape index (κ3) is 10.1. The van der Waals surface area contributed by atoms with E-state index < -0.39 is 62.6 Å². The maximum atomic E-state index is 15.6. The Bertz CT molecular complexity index is 1920. The van der Waals surface area contributed by atoms with Crippen molar-refractivity contribution in [3.63, 3.8) is 0 Å². The van der Waals surface area contributed by atoms with Crippen molar-refractivity contribution in [1.29, 1.82) is 0 Å². The van der Waals surface area contributed by atoms with Gasteiger partial charge in [0.2, 0.25) is 0 Å². The quantitative estimate of drug-likeness (QED) is 0.0981. The summed E-state index contributed by atoms with van der Waals surface area (Å²) in [4.78, 5) is 30.2. The summed E-state index contributed by atoms with van der Waals surface area (Å²) in [6.07, 6.45) is 1.03. The first-order valence-electron chi connectivity index (χ1n) is 17.2. The highest BCUT2D eigenvalue weighted by Gasteiger charge is 2.44. The van der Waals surface area contributed by atoms with E-state index in [4.69, 9.17) is 4.74 Å². The molecule has 10 nitrogen and oxygen atoms in total. The van der Waals surface area contributed by atoms with E-state index in [-0.39, 0.29) is 17.9 Å². The molecule has 2 atom stereocenters. The standard InChI is InChI=1S/C38H44F4N6O4S/c1-35(2,3)52-34(50)44-23-25-8-7-9-28(20-25)48-31(22-32(46-48)38(40,41)42)33(49)45-30-21-27(12-13-29(30)39)37(17-14-24-10-11-24,26-15-18-43-19-16-26)47-53(51)36(4,5)6/h7-9,12-13,15-16,18-22,24,47H,10-11,14,17,23H2,1-6H3,(H,44,50)(H,45,49)/t37-,53?/m0/s1. The summed E-state index contributed by atoms with van der Waals surface area (Å²) in [6.45, 7) is 10.6. The smallest absolute Gasteiger partial charge is 0.435 e. The van der Waals surface area contributed by atoms with Crippen LogP contribution in [0, 0.1) is 11.7 Å². The van der Waals surface area contributed by atoms with Gasteiger partial charge in [0.05, 0.1) is 11.4 Å². The number of amides is 2. The highest BCUT2D eigenvalue weighted by molar-refractivity contribution is 7.90. The fraction of sp³-hybridized carbons (Fsp3) is 0.421. The van der Waals surface area contributed by atoms with Crippen LogP contribution in [0.2, 0.25) is 0 Å². The van der Waals surface area contributed by atoms with Crippen molar-refractivity contribution in [2.45, 2.75) is 95.8 Å². The molecule has 2 heterocycles. The molecule has 0 spiro atoms. The number of pyridine rings is 1. The predicted octanol–water partition coefficient (Wildman–Crippen LogP) is 8.19. The Morgan fingerprint density at radius 2 is 1.66 bits per heavy atom. The van der Waals surface area contributed by atoms with Gasteiger partial charge in [-0.05, 0) is 113 Å². The Labute approximate surface area is 309 Å². The van der Waals surface area contributed by atoms with Crippen LogP contribution >= 0.6 is 0 Å². The van der Waals surface area contributed by atoms with Gasteiger partial charge in [-0.2, -0.15) is 18.3 Å². The van der Waals surface area contributed by atoms with Gasteiger partial charge in [0, 0.05) is 36.4 Å². The molecule has 4 aromatic rings. The fourth-order valence-electron chi connectivity index (χ4n) is 5.64. The number of aromatic nitrogens is 3. The maximum Gasteiger partial charge on any atom is 0.435 e. The average Bonchev–Trinajstić information content (AvgIpc) is 3.79. The summed E-state index contributed by atoms with van der Waals surface area (Å²) in [7, 11) is 0. The predicted molar refractivity (Wildman–Crippen MR) is 194 cm³/mol. The van der Waals surface area contributed by atoms with Crippen molar-refractivity contribution in [2.24, 2.45) is 5.92 Å². The van der Waals surface area contributed by atoms with E-state index in [9.17, 15) is 27.3 Å². The SMILES string of the molecule is CC(C)(C)OC(=O)NCc1cccc(-n2nc(C(F)(F)F)cc2C(=O)Nc2cc([C@@](CCC3CC3)(N[S+]([O-])C(C)(C)C)c3ccncc3)ccc2F)c1. The Hall–Kier alpha value is -4.47. The molecular weight excluding hydrogens is 713 g/mol. The largest absolute Gasteiger partial charge is 0.598 e. The number of ether oxygens (including phenoxy) is 1. The number of nitrogens with zero attached hydrogens (tertiary/aromatic N) is 3. The third-order valence-corrected chi connectivity index (χ3v) is 10.2. The normalized spacial score (nSPS) is 15.4. The molecule has 53 heavy (non-hydrogen) atoms. The number of carbonyl (C=O) groups is 2. The highest BCUT2D eigenvalue weighted by Crippen LogP contribution is 2.43. The number of nitrogens with one attached hydrogen (secondary N) is 3. The summed E-state index contributed by atoms with van der Waals surface area (Å²) in [5, 5.41) is 8.75. The first kappa shape index (κ1) is 39.7. The molecule has 1 saturated carbocycles. The number of rotatable bonds is 12. The first-order valence-corrected chi connectivity index (χ1v) is 18.4. The molecule has 1 aliphatic carbocycles. The Morgan fingerprint density at radius 3 is 2.28 bits per heavy atom. The summed E-state index contributed by atoms with van der Waals surface area (Å²) in [5.41, 5.74) is -2.19. The van der Waals surface area contributed by atoms with Crippen LogP contribution in [0.25, 0.3) is 5.69 Å². The van der Waals surface area contributed by atoms with Crippen LogP contribution in [0.1, 0.15) is 100 Å². The van der Waals surface area contributed by atoms with Gasteiger partial charge in [-0.25, -0.2) is 13.9 Å². The van der Waals surface area contributed by atoms with Crippen LogP contribution in [-0.2, 0) is 34.4 Å². The zero-order chi connectivity index (χ0) is 38.8. The fourth-order valence-corrected chi connectivity index (χ4v) is 6.60. The lowest BCUT2D eigenvalue weighted by molar-refractivity contribution is -0.141. The second-order valence-corrected chi connectivity index (χ2v) is 17.1. The van der Waals surface area contributed by atoms with Gasteiger partial charge in [0.25, 0.3) is 5.91 Å².